The molecule has 1 aromatic rings. The summed E-state index contributed by atoms with van der Waals surface area (Å²) in [7, 11) is 0. The van der Waals surface area contributed by atoms with Crippen molar-refractivity contribution in [1.82, 2.24) is 0 Å². The smallest absolute Gasteiger partial charge is 0.256 e. The third-order valence-electron chi connectivity index (χ3n) is 3.63. The largest absolute Gasteiger partial charge is 0.272 e. The van der Waals surface area contributed by atoms with Crippen molar-refractivity contribution in [3.05, 3.63) is 30.1 Å². The zero-order valence-corrected chi connectivity index (χ0v) is 10.1. The van der Waals surface area contributed by atoms with Crippen LogP contribution in [0.1, 0.15) is 32.1 Å². The van der Waals surface area contributed by atoms with E-state index in [2.05, 4.69) is 5.10 Å². The maximum atomic E-state index is 12.9. The molecule has 3 nitrogen and oxygen atoms in total. The standard InChI is InChI=1S/C14H15FN2O/c15-10-6-8-11(9-7-10)17-14(18)12-4-2-1-3-5-13(12)16-17/h6-9,12H,1-5H2. The van der Waals surface area contributed by atoms with Crippen LogP contribution in [0.3, 0.4) is 0 Å². The summed E-state index contributed by atoms with van der Waals surface area (Å²) in [5.41, 5.74) is 1.66. The molecule has 0 bridgehead atoms. The van der Waals surface area contributed by atoms with E-state index in [0.29, 0.717) is 5.69 Å². The van der Waals surface area contributed by atoms with Crippen molar-refractivity contribution in [3.8, 4) is 0 Å². The first-order valence-corrected chi connectivity index (χ1v) is 6.42. The summed E-state index contributed by atoms with van der Waals surface area (Å²) >= 11 is 0. The Bertz CT molecular complexity index is 495. The van der Waals surface area contributed by atoms with E-state index in [0.717, 1.165) is 31.4 Å². The van der Waals surface area contributed by atoms with Gasteiger partial charge in [-0.2, -0.15) is 5.10 Å². The van der Waals surface area contributed by atoms with Crippen LogP contribution in [-0.4, -0.2) is 11.6 Å². The highest BCUT2D eigenvalue weighted by Gasteiger charge is 2.36. The van der Waals surface area contributed by atoms with Crippen LogP contribution in [0.25, 0.3) is 0 Å². The van der Waals surface area contributed by atoms with Gasteiger partial charge in [0.2, 0.25) is 0 Å². The van der Waals surface area contributed by atoms with Crippen molar-refractivity contribution in [3.63, 3.8) is 0 Å². The van der Waals surface area contributed by atoms with Crippen molar-refractivity contribution in [1.29, 1.82) is 0 Å². The van der Waals surface area contributed by atoms with Crippen LogP contribution >= 0.6 is 0 Å². The Morgan fingerprint density at radius 1 is 1.17 bits per heavy atom. The molecule has 2 aliphatic rings. The number of carbonyl (C=O) groups is 1. The van der Waals surface area contributed by atoms with E-state index in [1.54, 1.807) is 12.1 Å². The molecule has 3 rings (SSSR count). The average molecular weight is 246 g/mol. The van der Waals surface area contributed by atoms with Crippen LogP contribution in [0.4, 0.5) is 10.1 Å². The van der Waals surface area contributed by atoms with Gasteiger partial charge in [-0.25, -0.2) is 9.40 Å². The minimum absolute atomic E-state index is 0.0403. The molecular weight excluding hydrogens is 231 g/mol. The molecule has 1 aromatic carbocycles. The lowest BCUT2D eigenvalue weighted by Gasteiger charge is -2.13. The molecule has 0 radical (unpaired) electrons. The SMILES string of the molecule is O=C1C2CCCCCC2=NN1c1ccc(F)cc1. The fourth-order valence-corrected chi connectivity index (χ4v) is 2.65. The Hall–Kier alpha value is -1.71. The summed E-state index contributed by atoms with van der Waals surface area (Å²) in [6.45, 7) is 0. The molecular formula is C14H15FN2O. The highest BCUT2D eigenvalue weighted by atomic mass is 19.1. The first-order chi connectivity index (χ1) is 8.75. The number of nitrogens with zero attached hydrogens (tertiary/aromatic N) is 2. The van der Waals surface area contributed by atoms with Crippen molar-refractivity contribution >= 4 is 17.3 Å². The maximum Gasteiger partial charge on any atom is 0.256 e. The van der Waals surface area contributed by atoms with Gasteiger partial charge >= 0.3 is 0 Å². The van der Waals surface area contributed by atoms with Gasteiger partial charge in [-0.1, -0.05) is 12.8 Å². The summed E-state index contributed by atoms with van der Waals surface area (Å²) in [4.78, 5) is 12.3. The second kappa shape index (κ2) is 4.52. The Labute approximate surface area is 105 Å². The number of anilines is 1. The number of fused-ring (bicyclic) bond motifs is 1. The number of rotatable bonds is 1. The number of amides is 1. The van der Waals surface area contributed by atoms with Crippen LogP contribution in [0.15, 0.2) is 29.4 Å². The second-order valence-electron chi connectivity index (χ2n) is 4.87. The average Bonchev–Trinajstić information content (AvgIpc) is 2.57. The van der Waals surface area contributed by atoms with Crippen molar-refractivity contribution in [2.24, 2.45) is 11.0 Å². The molecule has 0 spiro atoms. The quantitative estimate of drug-likeness (QED) is 0.749. The third-order valence-corrected chi connectivity index (χ3v) is 3.63. The summed E-state index contributed by atoms with van der Waals surface area (Å²) in [6, 6.07) is 5.92. The summed E-state index contributed by atoms with van der Waals surface area (Å²) in [6.07, 6.45) is 5.19. The molecule has 1 saturated carbocycles. The van der Waals surface area contributed by atoms with Crippen LogP contribution in [0.2, 0.25) is 0 Å². The van der Waals surface area contributed by atoms with Gasteiger partial charge in [0.05, 0.1) is 17.3 Å². The van der Waals surface area contributed by atoms with E-state index < -0.39 is 0 Å². The molecule has 0 N–H and O–H groups in total. The van der Waals surface area contributed by atoms with Crippen molar-refractivity contribution in [2.45, 2.75) is 32.1 Å². The predicted octanol–water partition coefficient (Wildman–Crippen LogP) is 3.11. The van der Waals surface area contributed by atoms with Crippen molar-refractivity contribution < 1.29 is 9.18 Å². The molecule has 1 unspecified atom stereocenters. The van der Waals surface area contributed by atoms with Crippen LogP contribution in [-0.2, 0) is 4.79 Å². The number of hydrogen-bond donors (Lipinski definition) is 0. The van der Waals surface area contributed by atoms with E-state index in [1.807, 2.05) is 0 Å². The molecule has 18 heavy (non-hydrogen) atoms. The lowest BCUT2D eigenvalue weighted by Crippen LogP contribution is -2.27. The van der Waals surface area contributed by atoms with E-state index in [1.165, 1.54) is 23.6 Å². The number of hydrogen-bond acceptors (Lipinski definition) is 2. The molecule has 1 aliphatic carbocycles. The van der Waals surface area contributed by atoms with Gasteiger partial charge in [0.15, 0.2) is 0 Å². The Balaban J connectivity index is 1.90. The van der Waals surface area contributed by atoms with Crippen molar-refractivity contribution in [2.75, 3.05) is 5.01 Å². The van der Waals surface area contributed by atoms with Gasteiger partial charge in [0, 0.05) is 0 Å². The molecule has 1 atom stereocenters. The van der Waals surface area contributed by atoms with E-state index in [9.17, 15) is 9.18 Å². The minimum atomic E-state index is -0.299. The molecule has 1 fully saturated rings. The summed E-state index contributed by atoms with van der Waals surface area (Å²) in [5, 5.41) is 5.86. The fraction of sp³-hybridized carbons (Fsp3) is 0.429. The molecule has 94 valence electrons. The van der Waals surface area contributed by atoms with Gasteiger partial charge in [-0.15, -0.1) is 0 Å². The number of hydrazone groups is 1. The fourth-order valence-electron chi connectivity index (χ4n) is 2.65. The maximum absolute atomic E-state index is 12.9. The molecule has 1 heterocycles. The molecule has 1 amide bonds. The highest BCUT2D eigenvalue weighted by Crippen LogP contribution is 2.31. The van der Waals surface area contributed by atoms with Gasteiger partial charge < -0.3 is 0 Å². The third kappa shape index (κ3) is 1.92. The monoisotopic (exact) mass is 246 g/mol. The predicted molar refractivity (Wildman–Crippen MR) is 67.9 cm³/mol. The van der Waals surface area contributed by atoms with Crippen LogP contribution < -0.4 is 5.01 Å². The lowest BCUT2D eigenvalue weighted by molar-refractivity contribution is -0.119. The van der Waals surface area contributed by atoms with Crippen LogP contribution in [0, 0.1) is 11.7 Å². The molecule has 0 aromatic heterocycles. The topological polar surface area (TPSA) is 32.7 Å². The van der Waals surface area contributed by atoms with Crippen LogP contribution in [0.5, 0.6) is 0 Å². The van der Waals surface area contributed by atoms with Gasteiger partial charge in [0.1, 0.15) is 5.82 Å². The van der Waals surface area contributed by atoms with Gasteiger partial charge in [-0.05, 0) is 43.5 Å². The zero-order valence-electron chi connectivity index (χ0n) is 10.1. The first kappa shape index (κ1) is 11.4. The Morgan fingerprint density at radius 3 is 2.72 bits per heavy atom. The number of benzene rings is 1. The minimum Gasteiger partial charge on any atom is -0.272 e. The van der Waals surface area contributed by atoms with Gasteiger partial charge in [-0.3, -0.25) is 4.79 Å². The van der Waals surface area contributed by atoms with Gasteiger partial charge in [0.25, 0.3) is 5.91 Å². The molecule has 0 saturated heterocycles. The summed E-state index contributed by atoms with van der Waals surface area (Å²) in [5.74, 6) is -0.302. The zero-order chi connectivity index (χ0) is 12.5. The van der Waals surface area contributed by atoms with E-state index in [-0.39, 0.29) is 17.6 Å². The second-order valence-corrected chi connectivity index (χ2v) is 4.87. The Morgan fingerprint density at radius 2 is 1.94 bits per heavy atom. The normalized spacial score (nSPS) is 23.6. The lowest BCUT2D eigenvalue weighted by atomic mass is 9.98. The molecule has 4 heteroatoms. The number of halogens is 1. The van der Waals surface area contributed by atoms with E-state index >= 15 is 0 Å². The first-order valence-electron chi connectivity index (χ1n) is 6.42. The molecule has 1 aliphatic heterocycles. The number of carbonyl (C=O) groups excluding carboxylic acids is 1. The Kier molecular flexibility index (Phi) is 2.86. The summed E-state index contributed by atoms with van der Waals surface area (Å²) < 4.78 is 12.9. The van der Waals surface area contributed by atoms with E-state index in [4.69, 9.17) is 0 Å². The highest BCUT2D eigenvalue weighted by molar-refractivity contribution is 6.15.